The van der Waals surface area contributed by atoms with E-state index < -0.39 is 0 Å². The molecule has 0 radical (unpaired) electrons. The smallest absolute Gasteiger partial charge is 0.226 e. The second kappa shape index (κ2) is 6.95. The van der Waals surface area contributed by atoms with Gasteiger partial charge < -0.3 is 10.6 Å². The van der Waals surface area contributed by atoms with Gasteiger partial charge in [0.25, 0.3) is 0 Å². The van der Waals surface area contributed by atoms with Crippen molar-refractivity contribution in [1.29, 1.82) is 0 Å². The van der Waals surface area contributed by atoms with Crippen molar-refractivity contribution >= 4 is 23.7 Å². The van der Waals surface area contributed by atoms with E-state index in [1.165, 1.54) is 0 Å². The number of aryl methyl sites for hydroxylation is 1. The van der Waals surface area contributed by atoms with Crippen LogP contribution in [-0.4, -0.2) is 30.4 Å². The normalized spacial score (nSPS) is 9.81. The van der Waals surface area contributed by atoms with Crippen molar-refractivity contribution in [3.05, 3.63) is 16.1 Å². The monoisotopic (exact) mass is 241 g/mol. The van der Waals surface area contributed by atoms with E-state index in [-0.39, 0.29) is 5.91 Å². The van der Waals surface area contributed by atoms with Gasteiger partial charge in [0.2, 0.25) is 12.3 Å². The lowest BCUT2D eigenvalue weighted by atomic mass is 10.3. The van der Waals surface area contributed by atoms with Crippen LogP contribution in [0.15, 0.2) is 5.38 Å². The lowest BCUT2D eigenvalue weighted by Gasteiger charge is -2.03. The Morgan fingerprint density at radius 2 is 2.38 bits per heavy atom. The predicted octanol–water partition coefficient (Wildman–Crippen LogP) is 0.246. The first-order chi connectivity index (χ1) is 7.72. The largest absolute Gasteiger partial charge is 0.359 e. The molecule has 88 valence electrons. The maximum absolute atomic E-state index is 11.4. The van der Waals surface area contributed by atoms with Crippen LogP contribution >= 0.6 is 11.3 Å². The predicted molar refractivity (Wildman–Crippen MR) is 62.2 cm³/mol. The van der Waals surface area contributed by atoms with Crippen molar-refractivity contribution in [2.24, 2.45) is 0 Å². The van der Waals surface area contributed by atoms with Gasteiger partial charge in [0.1, 0.15) is 0 Å². The second-order valence-electron chi connectivity index (χ2n) is 3.31. The molecular weight excluding hydrogens is 226 g/mol. The summed E-state index contributed by atoms with van der Waals surface area (Å²) in [5.74, 6) is -0.0311. The fourth-order valence-electron chi connectivity index (χ4n) is 1.19. The second-order valence-corrected chi connectivity index (χ2v) is 4.37. The first kappa shape index (κ1) is 12.6. The van der Waals surface area contributed by atoms with Crippen molar-refractivity contribution in [1.82, 2.24) is 15.6 Å². The molecule has 0 unspecified atom stereocenters. The molecule has 1 aromatic heterocycles. The molecule has 5 nitrogen and oxygen atoms in total. The van der Waals surface area contributed by atoms with E-state index in [4.69, 9.17) is 0 Å². The minimum Gasteiger partial charge on any atom is -0.359 e. The zero-order valence-corrected chi connectivity index (χ0v) is 9.97. The van der Waals surface area contributed by atoms with Crippen LogP contribution in [0.1, 0.15) is 17.1 Å². The third-order valence-electron chi connectivity index (χ3n) is 1.91. The minimum absolute atomic E-state index is 0.0311. The maximum Gasteiger partial charge on any atom is 0.226 e. The van der Waals surface area contributed by atoms with E-state index in [2.05, 4.69) is 15.6 Å². The Balaban J connectivity index is 2.14. The molecule has 0 aromatic carbocycles. The Morgan fingerprint density at radius 3 is 3.00 bits per heavy atom. The van der Waals surface area contributed by atoms with Crippen LogP contribution in [0.2, 0.25) is 0 Å². The van der Waals surface area contributed by atoms with Gasteiger partial charge in [-0.1, -0.05) is 0 Å². The zero-order chi connectivity index (χ0) is 11.8. The first-order valence-electron chi connectivity index (χ1n) is 5.07. The summed E-state index contributed by atoms with van der Waals surface area (Å²) >= 11 is 1.54. The Kier molecular flexibility index (Phi) is 5.49. The van der Waals surface area contributed by atoms with Crippen LogP contribution in [0.25, 0.3) is 0 Å². The standard InChI is InChI=1S/C10H15N3O2S/c1-8-13-9(6-16-8)5-10(15)12-4-2-3-11-7-14/h6-7H,2-5H2,1H3,(H,11,14)(H,12,15). The lowest BCUT2D eigenvalue weighted by molar-refractivity contribution is -0.120. The maximum atomic E-state index is 11.4. The highest BCUT2D eigenvalue weighted by Crippen LogP contribution is 2.07. The number of aromatic nitrogens is 1. The summed E-state index contributed by atoms with van der Waals surface area (Å²) in [4.78, 5) is 25.6. The molecule has 0 fully saturated rings. The van der Waals surface area contributed by atoms with Crippen LogP contribution in [0.4, 0.5) is 0 Å². The summed E-state index contributed by atoms with van der Waals surface area (Å²) < 4.78 is 0. The fraction of sp³-hybridized carbons (Fsp3) is 0.500. The quantitative estimate of drug-likeness (QED) is 0.531. The molecule has 0 aliphatic rings. The van der Waals surface area contributed by atoms with Gasteiger partial charge >= 0.3 is 0 Å². The van der Waals surface area contributed by atoms with E-state index in [0.717, 1.165) is 17.1 Å². The molecular formula is C10H15N3O2S. The Bertz CT molecular complexity index is 352. The highest BCUT2D eigenvalue weighted by molar-refractivity contribution is 7.09. The molecule has 2 amide bonds. The van der Waals surface area contributed by atoms with Gasteiger partial charge in [-0.25, -0.2) is 4.98 Å². The average molecular weight is 241 g/mol. The van der Waals surface area contributed by atoms with E-state index >= 15 is 0 Å². The summed E-state index contributed by atoms with van der Waals surface area (Å²) in [6, 6.07) is 0. The summed E-state index contributed by atoms with van der Waals surface area (Å²) in [5, 5.41) is 8.16. The molecule has 0 spiro atoms. The molecule has 0 aliphatic carbocycles. The van der Waals surface area contributed by atoms with Gasteiger partial charge in [-0.15, -0.1) is 11.3 Å². The molecule has 1 heterocycles. The molecule has 0 aliphatic heterocycles. The van der Waals surface area contributed by atoms with Gasteiger partial charge in [-0.3, -0.25) is 9.59 Å². The Morgan fingerprint density at radius 1 is 1.56 bits per heavy atom. The average Bonchev–Trinajstić information content (AvgIpc) is 2.63. The molecule has 6 heteroatoms. The van der Waals surface area contributed by atoms with Crippen LogP contribution < -0.4 is 10.6 Å². The van der Waals surface area contributed by atoms with Crippen molar-refractivity contribution in [3.8, 4) is 0 Å². The molecule has 1 aromatic rings. The van der Waals surface area contributed by atoms with Crippen molar-refractivity contribution in [3.63, 3.8) is 0 Å². The van der Waals surface area contributed by atoms with Crippen molar-refractivity contribution in [2.45, 2.75) is 19.8 Å². The Hall–Kier alpha value is -1.43. The summed E-state index contributed by atoms with van der Waals surface area (Å²) in [7, 11) is 0. The topological polar surface area (TPSA) is 71.1 Å². The number of carbonyl (C=O) groups excluding carboxylic acids is 2. The van der Waals surface area contributed by atoms with Gasteiger partial charge in [-0.05, 0) is 13.3 Å². The summed E-state index contributed by atoms with van der Waals surface area (Å²) in [6.07, 6.45) is 1.71. The number of amides is 2. The Labute approximate surface area is 98.3 Å². The summed E-state index contributed by atoms with van der Waals surface area (Å²) in [6.45, 7) is 3.07. The van der Waals surface area contributed by atoms with Gasteiger partial charge in [0, 0.05) is 18.5 Å². The molecule has 16 heavy (non-hydrogen) atoms. The third kappa shape index (κ3) is 4.88. The molecule has 0 saturated heterocycles. The highest BCUT2D eigenvalue weighted by Gasteiger charge is 2.05. The van der Waals surface area contributed by atoms with Gasteiger partial charge in [0.15, 0.2) is 0 Å². The van der Waals surface area contributed by atoms with E-state index in [1.807, 2.05) is 12.3 Å². The number of hydrogen-bond acceptors (Lipinski definition) is 4. The number of carbonyl (C=O) groups is 2. The molecule has 2 N–H and O–H groups in total. The number of nitrogens with one attached hydrogen (secondary N) is 2. The number of hydrogen-bond donors (Lipinski definition) is 2. The van der Waals surface area contributed by atoms with E-state index in [0.29, 0.717) is 25.9 Å². The number of nitrogens with zero attached hydrogens (tertiary/aromatic N) is 1. The first-order valence-corrected chi connectivity index (χ1v) is 5.95. The number of rotatable bonds is 7. The van der Waals surface area contributed by atoms with Crippen LogP contribution in [0, 0.1) is 6.92 Å². The molecule has 1 rings (SSSR count). The molecule has 0 atom stereocenters. The van der Waals surface area contributed by atoms with Crippen LogP contribution in [0.5, 0.6) is 0 Å². The van der Waals surface area contributed by atoms with Crippen LogP contribution in [-0.2, 0) is 16.0 Å². The molecule has 0 bridgehead atoms. The zero-order valence-electron chi connectivity index (χ0n) is 9.16. The molecule has 0 saturated carbocycles. The van der Waals surface area contributed by atoms with E-state index in [9.17, 15) is 9.59 Å². The third-order valence-corrected chi connectivity index (χ3v) is 2.73. The van der Waals surface area contributed by atoms with Crippen molar-refractivity contribution < 1.29 is 9.59 Å². The minimum atomic E-state index is -0.0311. The van der Waals surface area contributed by atoms with E-state index in [1.54, 1.807) is 11.3 Å². The fourth-order valence-corrected chi connectivity index (χ4v) is 1.81. The van der Waals surface area contributed by atoms with Crippen LogP contribution in [0.3, 0.4) is 0 Å². The van der Waals surface area contributed by atoms with Gasteiger partial charge in [0.05, 0.1) is 17.1 Å². The van der Waals surface area contributed by atoms with Crippen molar-refractivity contribution in [2.75, 3.05) is 13.1 Å². The lowest BCUT2D eigenvalue weighted by Crippen LogP contribution is -2.28. The SMILES string of the molecule is Cc1nc(CC(=O)NCCCNC=O)cs1. The summed E-state index contributed by atoms with van der Waals surface area (Å²) in [5.41, 5.74) is 0.811. The van der Waals surface area contributed by atoms with Gasteiger partial charge in [-0.2, -0.15) is 0 Å². The number of thiazole rings is 1. The highest BCUT2D eigenvalue weighted by atomic mass is 32.1.